The fourth-order valence-corrected chi connectivity index (χ4v) is 2.32. The predicted molar refractivity (Wildman–Crippen MR) is 79.0 cm³/mol. The Balaban J connectivity index is 2.18. The minimum atomic E-state index is -0.213. The highest BCUT2D eigenvalue weighted by Gasteiger charge is 2.24. The Morgan fingerprint density at radius 3 is 2.79 bits per heavy atom. The number of phenolic OH excluding ortho intramolecular Hbond substituents is 1. The molecule has 5 nitrogen and oxygen atoms in total. The van der Waals surface area contributed by atoms with Crippen LogP contribution in [0.4, 0.5) is 0 Å². The monoisotopic (exact) mass is 374 g/mol. The van der Waals surface area contributed by atoms with Crippen molar-refractivity contribution < 1.29 is 14.7 Å². The summed E-state index contributed by atoms with van der Waals surface area (Å²) in [6.45, 7) is 1.32. The minimum absolute atomic E-state index is 0.0550. The van der Waals surface area contributed by atoms with E-state index in [9.17, 15) is 14.7 Å². The van der Waals surface area contributed by atoms with E-state index >= 15 is 0 Å². The van der Waals surface area contributed by atoms with E-state index in [4.69, 9.17) is 0 Å². The van der Waals surface area contributed by atoms with Crippen LogP contribution in [0, 0.1) is 3.57 Å². The van der Waals surface area contributed by atoms with Crippen molar-refractivity contribution in [1.29, 1.82) is 0 Å². The number of rotatable bonds is 1. The Morgan fingerprint density at radius 2 is 2.11 bits per heavy atom. The molecule has 0 atom stereocenters. The number of aromatic hydroxyl groups is 1. The largest absolute Gasteiger partial charge is 0.507 e. The van der Waals surface area contributed by atoms with Crippen molar-refractivity contribution >= 4 is 34.4 Å². The number of nitrogens with zero attached hydrogens (tertiary/aromatic N) is 2. The highest BCUT2D eigenvalue weighted by molar-refractivity contribution is 14.1. The van der Waals surface area contributed by atoms with Gasteiger partial charge in [0.1, 0.15) is 12.3 Å². The molecule has 2 amide bonds. The first-order chi connectivity index (χ1) is 8.99. The molecule has 0 saturated carbocycles. The quantitative estimate of drug-likeness (QED) is 0.754. The molecule has 1 aromatic carbocycles. The SMILES string of the molecule is CN1CCCN(C(=O)c2ccc(I)c(O)c2)CC1=O. The Labute approximate surface area is 125 Å². The summed E-state index contributed by atoms with van der Waals surface area (Å²) in [5.41, 5.74) is 0.412. The van der Waals surface area contributed by atoms with Crippen LogP contribution < -0.4 is 0 Å². The summed E-state index contributed by atoms with van der Waals surface area (Å²) in [5, 5.41) is 9.64. The van der Waals surface area contributed by atoms with Crippen LogP contribution in [0.1, 0.15) is 16.8 Å². The van der Waals surface area contributed by atoms with Gasteiger partial charge in [-0.3, -0.25) is 9.59 Å². The minimum Gasteiger partial charge on any atom is -0.507 e. The molecule has 1 aromatic rings. The Bertz CT molecular complexity index is 519. The van der Waals surface area contributed by atoms with E-state index in [0.29, 0.717) is 22.2 Å². The van der Waals surface area contributed by atoms with Gasteiger partial charge >= 0.3 is 0 Å². The van der Waals surface area contributed by atoms with Crippen LogP contribution in [0.25, 0.3) is 0 Å². The summed E-state index contributed by atoms with van der Waals surface area (Å²) in [6, 6.07) is 4.81. The topological polar surface area (TPSA) is 60.9 Å². The zero-order valence-corrected chi connectivity index (χ0v) is 12.8. The molecule has 102 valence electrons. The molecule has 19 heavy (non-hydrogen) atoms. The lowest BCUT2D eigenvalue weighted by molar-refractivity contribution is -0.129. The van der Waals surface area contributed by atoms with Crippen LogP contribution in [0.3, 0.4) is 0 Å². The summed E-state index contributed by atoms with van der Waals surface area (Å²) in [5.74, 6) is -0.180. The van der Waals surface area contributed by atoms with Gasteiger partial charge in [-0.05, 0) is 47.2 Å². The van der Waals surface area contributed by atoms with E-state index in [-0.39, 0.29) is 24.1 Å². The maximum absolute atomic E-state index is 12.3. The number of hydrogen-bond acceptors (Lipinski definition) is 3. The van der Waals surface area contributed by atoms with Crippen molar-refractivity contribution in [3.8, 4) is 5.75 Å². The number of benzene rings is 1. The lowest BCUT2D eigenvalue weighted by Crippen LogP contribution is -2.38. The van der Waals surface area contributed by atoms with Crippen LogP contribution in [0.5, 0.6) is 5.75 Å². The Kier molecular flexibility index (Phi) is 4.28. The van der Waals surface area contributed by atoms with E-state index < -0.39 is 0 Å². The average Bonchev–Trinajstić information content (AvgIpc) is 2.55. The molecular formula is C13H15IN2O3. The first kappa shape index (κ1) is 14.1. The molecule has 1 fully saturated rings. The highest BCUT2D eigenvalue weighted by atomic mass is 127. The maximum Gasteiger partial charge on any atom is 0.254 e. The molecular weight excluding hydrogens is 359 g/mol. The van der Waals surface area contributed by atoms with Crippen molar-refractivity contribution in [3.63, 3.8) is 0 Å². The Morgan fingerprint density at radius 1 is 1.37 bits per heavy atom. The molecule has 6 heteroatoms. The van der Waals surface area contributed by atoms with Gasteiger partial charge in [0, 0.05) is 25.7 Å². The van der Waals surface area contributed by atoms with Gasteiger partial charge in [-0.25, -0.2) is 0 Å². The average molecular weight is 374 g/mol. The lowest BCUT2D eigenvalue weighted by atomic mass is 10.2. The van der Waals surface area contributed by atoms with Crippen LogP contribution in [-0.4, -0.2) is 53.4 Å². The smallest absolute Gasteiger partial charge is 0.254 e. The third-order valence-electron chi connectivity index (χ3n) is 3.15. The van der Waals surface area contributed by atoms with Crippen molar-refractivity contribution in [1.82, 2.24) is 9.80 Å². The molecule has 1 N–H and O–H groups in total. The normalized spacial score (nSPS) is 16.4. The molecule has 0 aromatic heterocycles. The number of phenols is 1. The molecule has 0 aliphatic carbocycles. The first-order valence-corrected chi connectivity index (χ1v) is 7.08. The number of likely N-dealkylation sites (N-methyl/N-ethyl adjacent to an activating group) is 1. The van der Waals surface area contributed by atoms with Gasteiger partial charge in [-0.2, -0.15) is 0 Å². The van der Waals surface area contributed by atoms with E-state index in [1.807, 2.05) is 22.6 Å². The molecule has 0 spiro atoms. The van der Waals surface area contributed by atoms with Gasteiger partial charge in [-0.15, -0.1) is 0 Å². The molecule has 0 radical (unpaired) electrons. The molecule has 1 aliphatic rings. The van der Waals surface area contributed by atoms with Gasteiger partial charge < -0.3 is 14.9 Å². The number of halogens is 1. The summed E-state index contributed by atoms with van der Waals surface area (Å²) >= 11 is 2.00. The summed E-state index contributed by atoms with van der Waals surface area (Å²) in [6.07, 6.45) is 0.768. The zero-order valence-electron chi connectivity index (χ0n) is 10.6. The number of hydrogen-bond donors (Lipinski definition) is 1. The van der Waals surface area contributed by atoms with Crippen LogP contribution >= 0.6 is 22.6 Å². The van der Waals surface area contributed by atoms with E-state index in [1.54, 1.807) is 24.1 Å². The Hall–Kier alpha value is -1.31. The van der Waals surface area contributed by atoms with Crippen molar-refractivity contribution in [2.75, 3.05) is 26.7 Å². The van der Waals surface area contributed by atoms with Gasteiger partial charge in [-0.1, -0.05) is 0 Å². The number of amides is 2. The number of carbonyl (C=O) groups is 2. The molecule has 1 heterocycles. The fraction of sp³-hybridized carbons (Fsp3) is 0.385. The summed E-state index contributed by atoms with van der Waals surface area (Å²) in [4.78, 5) is 27.2. The van der Waals surface area contributed by atoms with Crippen molar-refractivity contribution in [2.45, 2.75) is 6.42 Å². The van der Waals surface area contributed by atoms with Crippen LogP contribution in [0.2, 0.25) is 0 Å². The molecule has 1 saturated heterocycles. The maximum atomic E-state index is 12.3. The van der Waals surface area contributed by atoms with Gasteiger partial charge in [0.15, 0.2) is 0 Å². The first-order valence-electron chi connectivity index (χ1n) is 6.01. The van der Waals surface area contributed by atoms with E-state index in [0.717, 1.165) is 6.42 Å². The second kappa shape index (κ2) is 5.77. The predicted octanol–water partition coefficient (Wildman–Crippen LogP) is 1.30. The second-order valence-corrected chi connectivity index (χ2v) is 5.72. The highest BCUT2D eigenvalue weighted by Crippen LogP contribution is 2.21. The summed E-state index contributed by atoms with van der Waals surface area (Å²) in [7, 11) is 1.74. The number of carbonyl (C=O) groups excluding carboxylic acids is 2. The van der Waals surface area contributed by atoms with Gasteiger partial charge in [0.25, 0.3) is 5.91 Å². The zero-order chi connectivity index (χ0) is 14.0. The molecule has 1 aliphatic heterocycles. The lowest BCUT2D eigenvalue weighted by Gasteiger charge is -2.20. The van der Waals surface area contributed by atoms with Crippen LogP contribution in [-0.2, 0) is 4.79 Å². The van der Waals surface area contributed by atoms with Gasteiger partial charge in [0.05, 0.1) is 3.57 Å². The summed E-state index contributed by atoms with van der Waals surface area (Å²) < 4.78 is 0.695. The third kappa shape index (κ3) is 3.17. The standard InChI is InChI=1S/C13H15IN2O3/c1-15-5-2-6-16(8-12(15)18)13(19)9-3-4-10(14)11(17)7-9/h3-4,7,17H,2,5-6,8H2,1H3. The van der Waals surface area contributed by atoms with Crippen molar-refractivity contribution in [2.24, 2.45) is 0 Å². The second-order valence-electron chi connectivity index (χ2n) is 4.56. The molecule has 0 bridgehead atoms. The fourth-order valence-electron chi connectivity index (χ4n) is 1.99. The molecule has 0 unspecified atom stereocenters. The molecule has 2 rings (SSSR count). The van der Waals surface area contributed by atoms with Gasteiger partial charge in [0.2, 0.25) is 5.91 Å². The van der Waals surface area contributed by atoms with Crippen molar-refractivity contribution in [3.05, 3.63) is 27.3 Å². The van der Waals surface area contributed by atoms with Crippen LogP contribution in [0.15, 0.2) is 18.2 Å². The third-order valence-corrected chi connectivity index (χ3v) is 4.07. The van der Waals surface area contributed by atoms with E-state index in [1.165, 1.54) is 11.0 Å². The van der Waals surface area contributed by atoms with E-state index in [2.05, 4.69) is 0 Å².